The summed E-state index contributed by atoms with van der Waals surface area (Å²) in [6.07, 6.45) is 0.835. The molecule has 1 unspecified atom stereocenters. The minimum absolute atomic E-state index is 0.122. The second kappa shape index (κ2) is 10.5. The number of rotatable bonds is 10. The van der Waals surface area contributed by atoms with Crippen molar-refractivity contribution in [3.05, 3.63) is 35.9 Å². The Kier molecular flexibility index (Phi) is 8.86. The molecule has 6 heteroatoms. The maximum absolute atomic E-state index is 8.87. The molecule has 5 nitrogen and oxygen atoms in total. The van der Waals surface area contributed by atoms with Crippen molar-refractivity contribution in [2.75, 3.05) is 31.2 Å². The van der Waals surface area contributed by atoms with Gasteiger partial charge in [0.15, 0.2) is 0 Å². The molecule has 0 saturated carbocycles. The molecule has 1 aromatic rings. The molecule has 0 aliphatic heterocycles. The van der Waals surface area contributed by atoms with Crippen LogP contribution < -0.4 is 11.1 Å². The summed E-state index contributed by atoms with van der Waals surface area (Å²) in [5.74, 6) is 2.05. The number of amidine groups is 1. The van der Waals surface area contributed by atoms with Gasteiger partial charge < -0.3 is 21.4 Å². The third-order valence-corrected chi connectivity index (χ3v) is 3.96. The lowest BCUT2D eigenvalue weighted by Gasteiger charge is -2.16. The topological polar surface area (TPSA) is 90.9 Å². The lowest BCUT2D eigenvalue weighted by Crippen LogP contribution is -2.32. The Morgan fingerprint density at radius 3 is 2.70 bits per heavy atom. The van der Waals surface area contributed by atoms with Crippen molar-refractivity contribution in [2.24, 2.45) is 10.9 Å². The van der Waals surface area contributed by atoms with Crippen molar-refractivity contribution in [3.63, 3.8) is 0 Å². The van der Waals surface area contributed by atoms with Crippen LogP contribution in [-0.2, 0) is 0 Å². The predicted molar refractivity (Wildman–Crippen MR) is 84.5 cm³/mol. The predicted octanol–water partition coefficient (Wildman–Crippen LogP) is 1.22. The summed E-state index contributed by atoms with van der Waals surface area (Å²) in [6, 6.07) is 9.77. The van der Waals surface area contributed by atoms with Crippen LogP contribution in [0.1, 0.15) is 17.9 Å². The number of nitrogens with one attached hydrogen (secondary N) is 1. The molecule has 20 heavy (non-hydrogen) atoms. The highest BCUT2D eigenvalue weighted by molar-refractivity contribution is 7.99. The number of oxime groups is 1. The molecule has 1 rings (SSSR count). The van der Waals surface area contributed by atoms with E-state index in [1.165, 1.54) is 0 Å². The summed E-state index contributed by atoms with van der Waals surface area (Å²) >= 11 is 1.81. The second-order valence-corrected chi connectivity index (χ2v) is 5.61. The molecule has 0 saturated heterocycles. The van der Waals surface area contributed by atoms with Gasteiger partial charge in [-0.25, -0.2) is 0 Å². The SMILES string of the molecule is N/C(=N/O)C(CNCCSCCCO)c1ccccc1. The molecule has 1 aromatic carbocycles. The molecule has 112 valence electrons. The van der Waals surface area contributed by atoms with Crippen LogP contribution in [0.15, 0.2) is 35.5 Å². The van der Waals surface area contributed by atoms with Crippen LogP contribution >= 0.6 is 11.8 Å². The number of thioether (sulfide) groups is 1. The van der Waals surface area contributed by atoms with Crippen LogP contribution in [0.4, 0.5) is 0 Å². The molecule has 0 fully saturated rings. The Hall–Kier alpha value is -1.24. The summed E-state index contributed by atoms with van der Waals surface area (Å²) in [4.78, 5) is 0. The van der Waals surface area contributed by atoms with E-state index >= 15 is 0 Å². The van der Waals surface area contributed by atoms with Crippen LogP contribution in [-0.4, -0.2) is 47.4 Å². The Bertz CT molecular complexity index is 387. The first-order chi connectivity index (χ1) is 9.79. The third-order valence-electron chi connectivity index (χ3n) is 2.89. The van der Waals surface area contributed by atoms with Gasteiger partial charge in [0, 0.05) is 25.4 Å². The van der Waals surface area contributed by atoms with Crippen molar-refractivity contribution < 1.29 is 10.3 Å². The van der Waals surface area contributed by atoms with Gasteiger partial charge in [-0.3, -0.25) is 0 Å². The van der Waals surface area contributed by atoms with Crippen molar-refractivity contribution in [2.45, 2.75) is 12.3 Å². The zero-order chi connectivity index (χ0) is 14.6. The van der Waals surface area contributed by atoms with Crippen molar-refractivity contribution in [1.29, 1.82) is 0 Å². The molecule has 0 heterocycles. The normalized spacial score (nSPS) is 13.3. The van der Waals surface area contributed by atoms with E-state index in [9.17, 15) is 0 Å². The number of aliphatic hydroxyl groups is 1. The van der Waals surface area contributed by atoms with Crippen LogP contribution in [0.3, 0.4) is 0 Å². The zero-order valence-electron chi connectivity index (χ0n) is 11.5. The number of benzene rings is 1. The summed E-state index contributed by atoms with van der Waals surface area (Å²) < 4.78 is 0. The van der Waals surface area contributed by atoms with E-state index in [2.05, 4.69) is 10.5 Å². The third kappa shape index (κ3) is 6.27. The highest BCUT2D eigenvalue weighted by Crippen LogP contribution is 2.14. The van der Waals surface area contributed by atoms with E-state index in [-0.39, 0.29) is 18.4 Å². The highest BCUT2D eigenvalue weighted by Gasteiger charge is 2.15. The fourth-order valence-corrected chi connectivity index (χ4v) is 2.63. The van der Waals surface area contributed by atoms with E-state index in [1.807, 2.05) is 30.3 Å². The molecule has 0 bridgehead atoms. The maximum Gasteiger partial charge on any atom is 0.147 e. The number of hydrogen-bond acceptors (Lipinski definition) is 5. The Morgan fingerprint density at radius 1 is 1.30 bits per heavy atom. The lowest BCUT2D eigenvalue weighted by molar-refractivity contribution is 0.296. The van der Waals surface area contributed by atoms with Gasteiger partial charge in [-0.15, -0.1) is 0 Å². The van der Waals surface area contributed by atoms with Gasteiger partial charge >= 0.3 is 0 Å². The molecule has 1 atom stereocenters. The number of hydrogen-bond donors (Lipinski definition) is 4. The molecule has 0 aromatic heterocycles. The van der Waals surface area contributed by atoms with E-state index in [0.717, 1.165) is 30.0 Å². The summed E-state index contributed by atoms with van der Waals surface area (Å²) in [7, 11) is 0. The fourth-order valence-electron chi connectivity index (χ4n) is 1.81. The first-order valence-electron chi connectivity index (χ1n) is 6.71. The molecule has 0 aliphatic carbocycles. The minimum atomic E-state index is -0.122. The molecular formula is C14H23N3O2S. The summed E-state index contributed by atoms with van der Waals surface area (Å²) in [5, 5.41) is 24.0. The van der Waals surface area contributed by atoms with E-state index in [4.69, 9.17) is 16.0 Å². The van der Waals surface area contributed by atoms with Crippen LogP contribution in [0.25, 0.3) is 0 Å². The molecule has 0 radical (unpaired) electrons. The van der Waals surface area contributed by atoms with Gasteiger partial charge in [-0.1, -0.05) is 35.5 Å². The van der Waals surface area contributed by atoms with Crippen molar-refractivity contribution >= 4 is 17.6 Å². The number of nitrogens with zero attached hydrogens (tertiary/aromatic N) is 1. The van der Waals surface area contributed by atoms with Gasteiger partial charge in [-0.2, -0.15) is 11.8 Å². The average molecular weight is 297 g/mol. The summed E-state index contributed by atoms with van der Waals surface area (Å²) in [5.41, 5.74) is 6.79. The quantitative estimate of drug-likeness (QED) is 0.171. The van der Waals surface area contributed by atoms with Gasteiger partial charge in [0.25, 0.3) is 0 Å². The van der Waals surface area contributed by atoms with Crippen molar-refractivity contribution in [3.8, 4) is 0 Å². The molecule has 0 aliphatic rings. The van der Waals surface area contributed by atoms with E-state index in [1.54, 1.807) is 11.8 Å². The minimum Gasteiger partial charge on any atom is -0.409 e. The van der Waals surface area contributed by atoms with Gasteiger partial charge in [-0.05, 0) is 17.7 Å². The lowest BCUT2D eigenvalue weighted by atomic mass is 9.98. The van der Waals surface area contributed by atoms with Gasteiger partial charge in [0.05, 0.1) is 5.92 Å². The maximum atomic E-state index is 8.87. The Labute approximate surface area is 124 Å². The first-order valence-corrected chi connectivity index (χ1v) is 7.86. The summed E-state index contributed by atoms with van der Waals surface area (Å²) in [6.45, 7) is 1.75. The van der Waals surface area contributed by atoms with Crippen LogP contribution in [0.2, 0.25) is 0 Å². The van der Waals surface area contributed by atoms with Gasteiger partial charge in [0.2, 0.25) is 0 Å². The van der Waals surface area contributed by atoms with Gasteiger partial charge in [0.1, 0.15) is 5.84 Å². The zero-order valence-corrected chi connectivity index (χ0v) is 12.4. The highest BCUT2D eigenvalue weighted by atomic mass is 32.2. The van der Waals surface area contributed by atoms with Crippen LogP contribution in [0, 0.1) is 0 Å². The van der Waals surface area contributed by atoms with E-state index in [0.29, 0.717) is 6.54 Å². The Morgan fingerprint density at radius 2 is 2.05 bits per heavy atom. The average Bonchev–Trinajstić information content (AvgIpc) is 2.50. The second-order valence-electron chi connectivity index (χ2n) is 4.38. The molecule has 0 spiro atoms. The molecule has 0 amide bonds. The van der Waals surface area contributed by atoms with Crippen molar-refractivity contribution in [1.82, 2.24) is 5.32 Å². The van der Waals surface area contributed by atoms with Crippen LogP contribution in [0.5, 0.6) is 0 Å². The largest absolute Gasteiger partial charge is 0.409 e. The van der Waals surface area contributed by atoms with E-state index < -0.39 is 0 Å². The number of aliphatic hydroxyl groups excluding tert-OH is 1. The number of nitrogens with two attached hydrogens (primary N) is 1. The monoisotopic (exact) mass is 297 g/mol. The first kappa shape index (κ1) is 16.8. The smallest absolute Gasteiger partial charge is 0.147 e. The molecular weight excluding hydrogens is 274 g/mol. The standard InChI is InChI=1S/C14H23N3O2S/c15-14(17-19)13(12-5-2-1-3-6-12)11-16-7-10-20-9-4-8-18/h1-3,5-6,13,16,18-19H,4,7-11H2,(H2,15,17). The Balaban J connectivity index is 2.36. The molecule has 5 N–H and O–H groups in total. The fraction of sp³-hybridized carbons (Fsp3) is 0.500.